The fraction of sp³-hybridized carbons (Fsp3) is 0.579. The molecular formula is C19H26FNO5S. The molecule has 0 radical (unpaired) electrons. The first-order chi connectivity index (χ1) is 12.6. The van der Waals surface area contributed by atoms with E-state index in [0.717, 1.165) is 0 Å². The highest BCUT2D eigenvalue weighted by Crippen LogP contribution is 2.19. The Balaban J connectivity index is 1.94. The van der Waals surface area contributed by atoms with Crippen molar-refractivity contribution >= 4 is 21.7 Å². The molecule has 1 aliphatic heterocycles. The number of hydrogen-bond acceptors (Lipinski definition) is 5. The highest BCUT2D eigenvalue weighted by Gasteiger charge is 2.36. The molecule has 0 spiro atoms. The summed E-state index contributed by atoms with van der Waals surface area (Å²) in [5.41, 5.74) is 0.671. The van der Waals surface area contributed by atoms with Crippen LogP contribution in [0.5, 0.6) is 0 Å². The lowest BCUT2D eigenvalue weighted by atomic mass is 10.0. The van der Waals surface area contributed by atoms with E-state index < -0.39 is 33.7 Å². The molecule has 1 aromatic rings. The summed E-state index contributed by atoms with van der Waals surface area (Å²) in [5, 5.41) is 0. The minimum Gasteiger partial charge on any atom is -0.452 e. The SMILES string of the molecule is CCN(C(=O)C(C)OC(=O)C(C)Cc1cccc(F)c1)C1CCS(=O)(=O)C1. The zero-order chi connectivity index (χ0) is 20.2. The number of nitrogens with zero attached hydrogens (tertiary/aromatic N) is 1. The van der Waals surface area contributed by atoms with Gasteiger partial charge in [0.05, 0.1) is 17.4 Å². The topological polar surface area (TPSA) is 80.8 Å². The molecule has 27 heavy (non-hydrogen) atoms. The number of hydrogen-bond donors (Lipinski definition) is 0. The molecule has 1 amide bonds. The van der Waals surface area contributed by atoms with Gasteiger partial charge in [-0.15, -0.1) is 0 Å². The minimum atomic E-state index is -3.12. The Morgan fingerprint density at radius 2 is 2.04 bits per heavy atom. The number of halogens is 1. The second-order valence-electron chi connectivity index (χ2n) is 7.00. The molecule has 1 aliphatic rings. The summed E-state index contributed by atoms with van der Waals surface area (Å²) >= 11 is 0. The molecule has 0 aromatic heterocycles. The molecule has 1 saturated heterocycles. The molecule has 0 saturated carbocycles. The van der Waals surface area contributed by atoms with Gasteiger partial charge in [-0.2, -0.15) is 0 Å². The van der Waals surface area contributed by atoms with Gasteiger partial charge in [0.25, 0.3) is 5.91 Å². The molecule has 1 fully saturated rings. The summed E-state index contributed by atoms with van der Waals surface area (Å²) in [6.07, 6.45) is -0.301. The van der Waals surface area contributed by atoms with Gasteiger partial charge in [-0.1, -0.05) is 19.1 Å². The number of rotatable bonds is 7. The van der Waals surface area contributed by atoms with Gasteiger partial charge in [0.1, 0.15) is 5.82 Å². The Bertz CT molecular complexity index is 795. The number of carbonyl (C=O) groups excluding carboxylic acids is 2. The minimum absolute atomic E-state index is 0.0524. The van der Waals surface area contributed by atoms with Crippen LogP contribution in [0.4, 0.5) is 4.39 Å². The van der Waals surface area contributed by atoms with Crippen LogP contribution in [-0.4, -0.2) is 55.4 Å². The molecule has 0 N–H and O–H groups in total. The second-order valence-corrected chi connectivity index (χ2v) is 9.22. The van der Waals surface area contributed by atoms with E-state index >= 15 is 0 Å². The number of esters is 1. The van der Waals surface area contributed by atoms with E-state index in [2.05, 4.69) is 0 Å². The summed E-state index contributed by atoms with van der Waals surface area (Å²) < 4.78 is 41.9. The van der Waals surface area contributed by atoms with Gasteiger partial charge in [-0.05, 0) is 44.4 Å². The maximum Gasteiger partial charge on any atom is 0.309 e. The maximum atomic E-state index is 13.3. The molecule has 6 nitrogen and oxygen atoms in total. The van der Waals surface area contributed by atoms with E-state index in [0.29, 0.717) is 24.9 Å². The zero-order valence-corrected chi connectivity index (χ0v) is 16.7. The number of carbonyl (C=O) groups is 2. The molecule has 0 aliphatic carbocycles. The van der Waals surface area contributed by atoms with Crippen molar-refractivity contribution in [2.45, 2.75) is 45.8 Å². The Morgan fingerprint density at radius 1 is 1.33 bits per heavy atom. The summed E-state index contributed by atoms with van der Waals surface area (Å²) in [6.45, 7) is 5.26. The number of benzene rings is 1. The normalized spacial score (nSPS) is 20.7. The standard InChI is InChI=1S/C19H26FNO5S/c1-4-21(17-8-9-27(24,25)12-17)18(22)14(3)26-19(23)13(2)10-15-6-5-7-16(20)11-15/h5-7,11,13-14,17H,4,8-10,12H2,1-3H3. The predicted molar refractivity (Wildman–Crippen MR) is 99.3 cm³/mol. The lowest BCUT2D eigenvalue weighted by Crippen LogP contribution is -2.46. The zero-order valence-electron chi connectivity index (χ0n) is 15.9. The maximum absolute atomic E-state index is 13.3. The van der Waals surface area contributed by atoms with Crippen LogP contribution in [-0.2, 0) is 30.6 Å². The van der Waals surface area contributed by atoms with Crippen LogP contribution in [0.2, 0.25) is 0 Å². The largest absolute Gasteiger partial charge is 0.452 e. The fourth-order valence-electron chi connectivity index (χ4n) is 3.29. The van der Waals surface area contributed by atoms with Crippen LogP contribution in [0.25, 0.3) is 0 Å². The van der Waals surface area contributed by atoms with Crippen molar-refractivity contribution in [1.82, 2.24) is 4.90 Å². The molecular weight excluding hydrogens is 373 g/mol. The first-order valence-electron chi connectivity index (χ1n) is 9.08. The Kier molecular flexibility index (Phi) is 6.97. The number of ether oxygens (including phenoxy) is 1. The second kappa shape index (κ2) is 8.82. The highest BCUT2D eigenvalue weighted by molar-refractivity contribution is 7.91. The summed E-state index contributed by atoms with van der Waals surface area (Å²) in [6, 6.07) is 5.61. The summed E-state index contributed by atoms with van der Waals surface area (Å²) in [5.74, 6) is -1.84. The van der Waals surface area contributed by atoms with Crippen molar-refractivity contribution in [3.63, 3.8) is 0 Å². The van der Waals surface area contributed by atoms with Crippen LogP contribution in [0.1, 0.15) is 32.8 Å². The Morgan fingerprint density at radius 3 is 2.59 bits per heavy atom. The highest BCUT2D eigenvalue weighted by atomic mass is 32.2. The lowest BCUT2D eigenvalue weighted by molar-refractivity contribution is -0.162. The number of sulfone groups is 1. The van der Waals surface area contributed by atoms with Crippen molar-refractivity contribution in [3.05, 3.63) is 35.6 Å². The van der Waals surface area contributed by atoms with E-state index in [1.165, 1.54) is 24.0 Å². The van der Waals surface area contributed by atoms with Gasteiger partial charge >= 0.3 is 5.97 Å². The molecule has 8 heteroatoms. The lowest BCUT2D eigenvalue weighted by Gasteiger charge is -2.29. The molecule has 150 valence electrons. The third-order valence-electron chi connectivity index (χ3n) is 4.75. The smallest absolute Gasteiger partial charge is 0.309 e. The quantitative estimate of drug-likeness (QED) is 0.655. The van der Waals surface area contributed by atoms with Gasteiger partial charge in [-0.3, -0.25) is 9.59 Å². The Hall–Kier alpha value is -1.96. The molecule has 3 atom stereocenters. The van der Waals surface area contributed by atoms with Crippen LogP contribution >= 0.6 is 0 Å². The first kappa shape index (κ1) is 21.3. The van der Waals surface area contributed by atoms with E-state index in [9.17, 15) is 22.4 Å². The van der Waals surface area contributed by atoms with Crippen molar-refractivity contribution in [1.29, 1.82) is 0 Å². The fourth-order valence-corrected chi connectivity index (χ4v) is 5.02. The van der Waals surface area contributed by atoms with E-state index in [4.69, 9.17) is 4.74 Å². The number of amides is 1. The average Bonchev–Trinajstić information content (AvgIpc) is 2.94. The molecule has 0 bridgehead atoms. The average molecular weight is 399 g/mol. The van der Waals surface area contributed by atoms with Crippen LogP contribution in [0.15, 0.2) is 24.3 Å². The van der Waals surface area contributed by atoms with Crippen LogP contribution in [0.3, 0.4) is 0 Å². The van der Waals surface area contributed by atoms with Gasteiger partial charge < -0.3 is 9.64 Å². The van der Waals surface area contributed by atoms with Gasteiger partial charge in [0, 0.05) is 12.6 Å². The van der Waals surface area contributed by atoms with Crippen LogP contribution in [0, 0.1) is 11.7 Å². The summed E-state index contributed by atoms with van der Waals surface area (Å²) in [4.78, 5) is 26.4. The molecule has 2 rings (SSSR count). The van der Waals surface area contributed by atoms with Crippen molar-refractivity contribution in [3.8, 4) is 0 Å². The molecule has 1 aromatic carbocycles. The first-order valence-corrected chi connectivity index (χ1v) is 10.9. The van der Waals surface area contributed by atoms with E-state index in [1.807, 2.05) is 0 Å². The molecule has 3 unspecified atom stereocenters. The Labute approximate surface area is 159 Å². The van der Waals surface area contributed by atoms with Gasteiger partial charge in [0.2, 0.25) is 0 Å². The molecule has 1 heterocycles. The van der Waals surface area contributed by atoms with Gasteiger partial charge in [-0.25, -0.2) is 12.8 Å². The van der Waals surface area contributed by atoms with Crippen molar-refractivity contribution in [2.75, 3.05) is 18.1 Å². The monoisotopic (exact) mass is 399 g/mol. The van der Waals surface area contributed by atoms with E-state index in [1.54, 1.807) is 26.0 Å². The number of likely N-dealkylation sites (N-methyl/N-ethyl adjacent to an activating group) is 1. The van der Waals surface area contributed by atoms with Crippen molar-refractivity contribution in [2.24, 2.45) is 5.92 Å². The van der Waals surface area contributed by atoms with Crippen LogP contribution < -0.4 is 0 Å². The van der Waals surface area contributed by atoms with E-state index in [-0.39, 0.29) is 23.4 Å². The predicted octanol–water partition coefficient (Wildman–Crippen LogP) is 1.97. The van der Waals surface area contributed by atoms with Gasteiger partial charge in [0.15, 0.2) is 15.9 Å². The van der Waals surface area contributed by atoms with Crippen molar-refractivity contribution < 1.29 is 27.1 Å². The third-order valence-corrected chi connectivity index (χ3v) is 6.50. The third kappa shape index (κ3) is 5.76. The summed E-state index contributed by atoms with van der Waals surface area (Å²) in [7, 11) is -3.12.